The molecule has 0 bridgehead atoms. The van der Waals surface area contributed by atoms with E-state index in [1.165, 1.54) is 0 Å². The van der Waals surface area contributed by atoms with E-state index in [0.717, 1.165) is 5.39 Å². The molecule has 2 amide bonds. The molecule has 6 nitrogen and oxygen atoms in total. The maximum Gasteiger partial charge on any atom is 0.326 e. The zero-order valence-electron chi connectivity index (χ0n) is 17.9. The van der Waals surface area contributed by atoms with Crippen LogP contribution >= 0.6 is 46.4 Å². The average molecular weight is 549 g/mol. The Morgan fingerprint density at radius 3 is 2.11 bits per heavy atom. The van der Waals surface area contributed by atoms with Crippen LogP contribution in [0.4, 0.5) is 10.5 Å². The second-order valence-electron chi connectivity index (χ2n) is 7.61. The number of benzene rings is 3. The first-order chi connectivity index (χ1) is 16.7. The van der Waals surface area contributed by atoms with Gasteiger partial charge in [0.2, 0.25) is 0 Å². The van der Waals surface area contributed by atoms with Gasteiger partial charge in [-0.1, -0.05) is 70.7 Å². The molecule has 0 aliphatic carbocycles. The number of hydrogen-bond donors (Lipinski definition) is 3. The van der Waals surface area contributed by atoms with E-state index >= 15 is 0 Å². The average Bonchev–Trinajstić information content (AvgIpc) is 2.81. The summed E-state index contributed by atoms with van der Waals surface area (Å²) in [5.41, 5.74) is 2.85. The van der Waals surface area contributed by atoms with Crippen LogP contribution in [0.2, 0.25) is 20.1 Å². The van der Waals surface area contributed by atoms with E-state index in [2.05, 4.69) is 15.6 Å². The number of urea groups is 1. The van der Waals surface area contributed by atoms with E-state index in [-0.39, 0.29) is 22.2 Å². The molecule has 0 fully saturated rings. The molecule has 4 rings (SSSR count). The second-order valence-corrected chi connectivity index (χ2v) is 9.24. The van der Waals surface area contributed by atoms with Crippen LogP contribution in [0.15, 0.2) is 66.7 Å². The molecule has 3 N–H and O–H groups in total. The highest BCUT2D eigenvalue weighted by Gasteiger charge is 2.22. The van der Waals surface area contributed by atoms with Crippen LogP contribution in [-0.2, 0) is 11.2 Å². The molecule has 0 aliphatic rings. The summed E-state index contributed by atoms with van der Waals surface area (Å²) >= 11 is 24.7. The van der Waals surface area contributed by atoms with Crippen LogP contribution in [0.5, 0.6) is 0 Å². The van der Waals surface area contributed by atoms with Crippen molar-refractivity contribution in [1.82, 2.24) is 10.3 Å². The number of carboxylic acids is 1. The Balaban J connectivity index is 1.53. The minimum Gasteiger partial charge on any atom is -0.480 e. The van der Waals surface area contributed by atoms with Gasteiger partial charge in [-0.3, -0.25) is 0 Å². The minimum absolute atomic E-state index is 0.0487. The number of nitrogens with one attached hydrogen (secondary N) is 2. The molecule has 178 valence electrons. The van der Waals surface area contributed by atoms with Crippen LogP contribution in [0.25, 0.3) is 22.2 Å². The first kappa shape index (κ1) is 25.1. The number of anilines is 1. The molecule has 1 aromatic heterocycles. The number of aliphatic carboxylic acids is 1. The fourth-order valence-electron chi connectivity index (χ4n) is 3.54. The van der Waals surface area contributed by atoms with Crippen molar-refractivity contribution in [3.05, 3.63) is 92.4 Å². The van der Waals surface area contributed by atoms with Gasteiger partial charge in [-0.15, -0.1) is 0 Å². The van der Waals surface area contributed by atoms with Crippen molar-refractivity contribution < 1.29 is 14.7 Å². The number of nitrogens with zero attached hydrogens (tertiary/aromatic N) is 1. The van der Waals surface area contributed by atoms with Gasteiger partial charge in [-0.2, -0.15) is 0 Å². The van der Waals surface area contributed by atoms with Gasteiger partial charge >= 0.3 is 12.0 Å². The maximum absolute atomic E-state index is 12.4. The quantitative estimate of drug-likeness (QED) is 0.235. The number of carbonyl (C=O) groups is 2. The van der Waals surface area contributed by atoms with Crippen molar-refractivity contribution in [3.8, 4) is 11.3 Å². The molecule has 0 spiro atoms. The molecule has 35 heavy (non-hydrogen) atoms. The van der Waals surface area contributed by atoms with Gasteiger partial charge in [0.15, 0.2) is 0 Å². The Morgan fingerprint density at radius 1 is 0.857 bits per heavy atom. The summed E-state index contributed by atoms with van der Waals surface area (Å²) in [5, 5.41) is 16.9. The molecule has 10 heteroatoms. The van der Waals surface area contributed by atoms with Gasteiger partial charge in [0.25, 0.3) is 0 Å². The lowest BCUT2D eigenvalue weighted by Crippen LogP contribution is -2.44. The topological polar surface area (TPSA) is 91.3 Å². The van der Waals surface area contributed by atoms with E-state index in [1.54, 1.807) is 54.6 Å². The molecule has 0 aliphatic heterocycles. The van der Waals surface area contributed by atoms with Gasteiger partial charge in [-0.05, 0) is 48.0 Å². The summed E-state index contributed by atoms with van der Waals surface area (Å²) in [4.78, 5) is 28.9. The Labute approximate surface area is 220 Å². The number of para-hydroxylation sites is 1. The van der Waals surface area contributed by atoms with Crippen LogP contribution in [0.3, 0.4) is 0 Å². The smallest absolute Gasteiger partial charge is 0.326 e. The third-order valence-corrected chi connectivity index (χ3v) is 6.48. The SMILES string of the molecule is O=C(Nc1c(Cl)cccc1Cl)NC(Cc1ccc2nc(-c3c(Cl)cccc3Cl)ccc2c1)C(=O)O. The number of carbonyl (C=O) groups excluding carboxylic acids is 1. The maximum atomic E-state index is 12.4. The number of amides is 2. The summed E-state index contributed by atoms with van der Waals surface area (Å²) in [6.45, 7) is 0. The van der Waals surface area contributed by atoms with Crippen molar-refractivity contribution in [3.63, 3.8) is 0 Å². The van der Waals surface area contributed by atoms with E-state index in [9.17, 15) is 14.7 Å². The molecular weight excluding hydrogens is 532 g/mol. The van der Waals surface area contributed by atoms with Gasteiger partial charge in [-0.25, -0.2) is 14.6 Å². The Bertz CT molecular complexity index is 1400. The second kappa shape index (κ2) is 10.7. The van der Waals surface area contributed by atoms with Gasteiger partial charge < -0.3 is 15.7 Å². The van der Waals surface area contributed by atoms with Gasteiger partial charge in [0.05, 0.1) is 37.0 Å². The standard InChI is InChI=1S/C25H17Cl4N3O3/c26-15-3-1-4-16(27)22(15)20-10-8-14-11-13(7-9-19(14)30-20)12-21(24(33)34)31-25(35)32-23-17(28)5-2-6-18(23)29/h1-11,21H,12H2,(H,33,34)(H2,31,32,35). The lowest BCUT2D eigenvalue weighted by molar-refractivity contribution is -0.139. The highest BCUT2D eigenvalue weighted by Crippen LogP contribution is 2.34. The summed E-state index contributed by atoms with van der Waals surface area (Å²) in [5.74, 6) is -1.19. The van der Waals surface area contributed by atoms with Crippen LogP contribution < -0.4 is 10.6 Å². The lowest BCUT2D eigenvalue weighted by atomic mass is 10.0. The number of hydrogen-bond acceptors (Lipinski definition) is 3. The number of pyridine rings is 1. The van der Waals surface area contributed by atoms with Crippen molar-refractivity contribution >= 4 is 75.0 Å². The number of fused-ring (bicyclic) bond motifs is 1. The van der Waals surface area contributed by atoms with Crippen LogP contribution in [0, 0.1) is 0 Å². The monoisotopic (exact) mass is 547 g/mol. The first-order valence-electron chi connectivity index (χ1n) is 10.3. The molecule has 4 aromatic rings. The molecule has 0 saturated carbocycles. The van der Waals surface area contributed by atoms with E-state index in [1.807, 2.05) is 12.1 Å². The van der Waals surface area contributed by atoms with Crippen molar-refractivity contribution in [2.75, 3.05) is 5.32 Å². The molecular formula is C25H17Cl4N3O3. The first-order valence-corrected chi connectivity index (χ1v) is 11.8. The molecule has 1 atom stereocenters. The third-order valence-electron chi connectivity index (χ3n) is 5.22. The van der Waals surface area contributed by atoms with Crippen molar-refractivity contribution in [1.29, 1.82) is 0 Å². The highest BCUT2D eigenvalue weighted by atomic mass is 35.5. The van der Waals surface area contributed by atoms with Crippen LogP contribution in [0.1, 0.15) is 5.56 Å². The minimum atomic E-state index is -1.19. The van der Waals surface area contributed by atoms with Crippen molar-refractivity contribution in [2.45, 2.75) is 12.5 Å². The lowest BCUT2D eigenvalue weighted by Gasteiger charge is -2.16. The zero-order chi connectivity index (χ0) is 25.1. The summed E-state index contributed by atoms with van der Waals surface area (Å²) in [6.07, 6.45) is 0.0487. The van der Waals surface area contributed by atoms with Crippen molar-refractivity contribution in [2.24, 2.45) is 0 Å². The summed E-state index contributed by atoms with van der Waals surface area (Å²) in [6, 6.07) is 17.1. The number of halogens is 4. The Kier molecular flexibility index (Phi) is 7.67. The normalized spacial score (nSPS) is 11.8. The fourth-order valence-corrected chi connectivity index (χ4v) is 4.63. The molecule has 0 saturated heterocycles. The number of rotatable bonds is 6. The number of carboxylic acid groups (broad SMARTS) is 1. The predicted octanol–water partition coefficient (Wildman–Crippen LogP) is 7.33. The Hall–Kier alpha value is -3.03. The van der Waals surface area contributed by atoms with E-state index in [4.69, 9.17) is 46.4 Å². The molecule has 1 heterocycles. The summed E-state index contributed by atoms with van der Waals surface area (Å²) < 4.78 is 0. The number of aromatic nitrogens is 1. The predicted molar refractivity (Wildman–Crippen MR) is 141 cm³/mol. The Morgan fingerprint density at radius 2 is 1.49 bits per heavy atom. The van der Waals surface area contributed by atoms with Crippen LogP contribution in [-0.4, -0.2) is 28.1 Å². The van der Waals surface area contributed by atoms with Gasteiger partial charge in [0, 0.05) is 17.4 Å². The third kappa shape index (κ3) is 5.80. The molecule has 0 radical (unpaired) electrons. The summed E-state index contributed by atoms with van der Waals surface area (Å²) in [7, 11) is 0. The zero-order valence-corrected chi connectivity index (χ0v) is 20.9. The van der Waals surface area contributed by atoms with E-state index < -0.39 is 18.0 Å². The molecule has 1 unspecified atom stereocenters. The molecule has 3 aromatic carbocycles. The fraction of sp³-hybridized carbons (Fsp3) is 0.0800. The highest BCUT2D eigenvalue weighted by molar-refractivity contribution is 6.40. The largest absolute Gasteiger partial charge is 0.480 e. The van der Waals surface area contributed by atoms with E-state index in [0.29, 0.717) is 32.4 Å². The van der Waals surface area contributed by atoms with Gasteiger partial charge in [0.1, 0.15) is 6.04 Å².